The molecule has 2 rings (SSSR count). The van der Waals surface area contributed by atoms with Crippen molar-refractivity contribution in [2.45, 2.75) is 38.6 Å². The predicted octanol–water partition coefficient (Wildman–Crippen LogP) is 4.01. The van der Waals surface area contributed by atoms with Gasteiger partial charge in [-0.1, -0.05) is 29.8 Å². The van der Waals surface area contributed by atoms with Gasteiger partial charge in [0.15, 0.2) is 11.5 Å². The first-order chi connectivity index (χ1) is 9.13. The Hall–Kier alpha value is -0.740. The molecule has 0 radical (unpaired) electrons. The zero-order valence-corrected chi connectivity index (χ0v) is 13.6. The smallest absolute Gasteiger partial charge is 0.165 e. The van der Waals surface area contributed by atoms with Crippen molar-refractivity contribution in [3.8, 4) is 11.5 Å². The van der Waals surface area contributed by atoms with E-state index in [2.05, 4.69) is 35.1 Å². The molecule has 0 amide bonds. The van der Waals surface area contributed by atoms with Crippen LogP contribution in [0, 0.1) is 0 Å². The van der Waals surface area contributed by atoms with Crippen LogP contribution in [0.5, 0.6) is 11.5 Å². The van der Waals surface area contributed by atoms with E-state index in [1.165, 1.54) is 17.5 Å². The molecule has 3 nitrogen and oxygen atoms in total. The molecular weight excluding hydrogens is 306 g/mol. The van der Waals surface area contributed by atoms with Crippen molar-refractivity contribution in [1.82, 2.24) is 5.32 Å². The van der Waals surface area contributed by atoms with Crippen LogP contribution in [-0.4, -0.2) is 20.8 Å². The Bertz CT molecular complexity index is 462. The SMILES string of the molecule is CCNC1CCC(C)c2c(Br)cc(OC)c(OC)c21. The molecule has 1 aromatic rings. The zero-order chi connectivity index (χ0) is 14.0. The summed E-state index contributed by atoms with van der Waals surface area (Å²) in [6, 6.07) is 2.36. The molecule has 106 valence electrons. The van der Waals surface area contributed by atoms with Crippen LogP contribution in [0.15, 0.2) is 10.5 Å². The number of hydrogen-bond acceptors (Lipinski definition) is 3. The Kier molecular flexibility index (Phi) is 4.74. The molecular formula is C15H22BrNO2. The highest BCUT2D eigenvalue weighted by atomic mass is 79.9. The Balaban J connectivity index is 2.63. The van der Waals surface area contributed by atoms with Crippen molar-refractivity contribution < 1.29 is 9.47 Å². The molecule has 4 heteroatoms. The lowest BCUT2D eigenvalue weighted by atomic mass is 9.80. The Morgan fingerprint density at radius 1 is 1.26 bits per heavy atom. The number of halogens is 1. The van der Waals surface area contributed by atoms with Gasteiger partial charge in [-0.3, -0.25) is 0 Å². The van der Waals surface area contributed by atoms with E-state index in [0.717, 1.165) is 28.9 Å². The summed E-state index contributed by atoms with van der Waals surface area (Å²) in [5.74, 6) is 2.21. The first-order valence-electron chi connectivity index (χ1n) is 6.81. The summed E-state index contributed by atoms with van der Waals surface area (Å²) in [5, 5.41) is 3.56. The third-order valence-corrected chi connectivity index (χ3v) is 4.53. The molecule has 1 N–H and O–H groups in total. The molecule has 0 saturated heterocycles. The Morgan fingerprint density at radius 3 is 2.58 bits per heavy atom. The quantitative estimate of drug-likeness (QED) is 0.906. The van der Waals surface area contributed by atoms with E-state index in [1.54, 1.807) is 14.2 Å². The van der Waals surface area contributed by atoms with E-state index in [-0.39, 0.29) is 0 Å². The van der Waals surface area contributed by atoms with Gasteiger partial charge in [0.25, 0.3) is 0 Å². The van der Waals surface area contributed by atoms with Crippen LogP contribution in [0.2, 0.25) is 0 Å². The topological polar surface area (TPSA) is 30.5 Å². The predicted molar refractivity (Wildman–Crippen MR) is 81.3 cm³/mol. The third-order valence-electron chi connectivity index (χ3n) is 3.88. The summed E-state index contributed by atoms with van der Waals surface area (Å²) in [5.41, 5.74) is 2.61. The Labute approximate surface area is 123 Å². The van der Waals surface area contributed by atoms with Gasteiger partial charge in [-0.2, -0.15) is 0 Å². The Morgan fingerprint density at radius 2 is 2.00 bits per heavy atom. The lowest BCUT2D eigenvalue weighted by molar-refractivity contribution is 0.336. The maximum Gasteiger partial charge on any atom is 0.165 e. The second-order valence-corrected chi connectivity index (χ2v) is 5.86. The highest BCUT2D eigenvalue weighted by Gasteiger charge is 2.31. The summed E-state index contributed by atoms with van der Waals surface area (Å²) in [7, 11) is 3.40. The number of benzene rings is 1. The van der Waals surface area contributed by atoms with Crippen LogP contribution in [0.3, 0.4) is 0 Å². The van der Waals surface area contributed by atoms with Gasteiger partial charge in [-0.15, -0.1) is 0 Å². The van der Waals surface area contributed by atoms with Crippen molar-refractivity contribution in [3.63, 3.8) is 0 Å². The molecule has 0 saturated carbocycles. The average molecular weight is 328 g/mol. The molecule has 0 fully saturated rings. The van der Waals surface area contributed by atoms with Crippen LogP contribution in [0.1, 0.15) is 49.8 Å². The maximum absolute atomic E-state index is 5.63. The molecule has 19 heavy (non-hydrogen) atoms. The molecule has 1 aliphatic carbocycles. The van der Waals surface area contributed by atoms with E-state index >= 15 is 0 Å². The minimum absolute atomic E-state index is 0.345. The average Bonchev–Trinajstić information content (AvgIpc) is 2.41. The number of rotatable bonds is 4. The van der Waals surface area contributed by atoms with E-state index in [1.807, 2.05) is 6.07 Å². The maximum atomic E-state index is 5.63. The van der Waals surface area contributed by atoms with Gasteiger partial charge in [0, 0.05) is 16.1 Å². The number of hydrogen-bond donors (Lipinski definition) is 1. The lowest BCUT2D eigenvalue weighted by Crippen LogP contribution is -2.27. The summed E-state index contributed by atoms with van der Waals surface area (Å²) in [4.78, 5) is 0. The second-order valence-electron chi connectivity index (χ2n) is 5.01. The van der Waals surface area contributed by atoms with Gasteiger partial charge in [0.05, 0.1) is 14.2 Å². The van der Waals surface area contributed by atoms with E-state index in [4.69, 9.17) is 9.47 Å². The van der Waals surface area contributed by atoms with Crippen LogP contribution in [0.4, 0.5) is 0 Å². The molecule has 2 unspecified atom stereocenters. The number of fused-ring (bicyclic) bond motifs is 1. The monoisotopic (exact) mass is 327 g/mol. The minimum atomic E-state index is 0.345. The largest absolute Gasteiger partial charge is 0.493 e. The highest BCUT2D eigenvalue weighted by molar-refractivity contribution is 9.10. The highest BCUT2D eigenvalue weighted by Crippen LogP contribution is 2.49. The first kappa shape index (κ1) is 14.7. The van der Waals surface area contributed by atoms with E-state index < -0.39 is 0 Å². The summed E-state index contributed by atoms with van der Waals surface area (Å²) in [6.07, 6.45) is 2.33. The van der Waals surface area contributed by atoms with Gasteiger partial charge < -0.3 is 14.8 Å². The second kappa shape index (κ2) is 6.14. The van der Waals surface area contributed by atoms with Crippen molar-refractivity contribution in [2.24, 2.45) is 0 Å². The van der Waals surface area contributed by atoms with Gasteiger partial charge in [0.1, 0.15) is 0 Å². The summed E-state index contributed by atoms with van der Waals surface area (Å²) in [6.45, 7) is 5.37. The summed E-state index contributed by atoms with van der Waals surface area (Å²) >= 11 is 3.69. The number of ether oxygens (including phenoxy) is 2. The molecule has 0 aliphatic heterocycles. The van der Waals surface area contributed by atoms with Gasteiger partial charge in [-0.25, -0.2) is 0 Å². The molecule has 0 aromatic heterocycles. The normalized spacial score (nSPS) is 21.9. The molecule has 0 heterocycles. The molecule has 0 bridgehead atoms. The third kappa shape index (κ3) is 2.61. The van der Waals surface area contributed by atoms with Gasteiger partial charge >= 0.3 is 0 Å². The van der Waals surface area contributed by atoms with Crippen molar-refractivity contribution in [1.29, 1.82) is 0 Å². The first-order valence-corrected chi connectivity index (χ1v) is 7.60. The number of methoxy groups -OCH3 is 2. The molecule has 1 aliphatic rings. The standard InChI is InChI=1S/C15H22BrNO2/c1-5-17-11-7-6-9(2)13-10(16)8-12(18-3)15(19-4)14(11)13/h8-9,11,17H,5-7H2,1-4H3. The van der Waals surface area contributed by atoms with Crippen LogP contribution in [0.25, 0.3) is 0 Å². The van der Waals surface area contributed by atoms with Crippen molar-refractivity contribution in [3.05, 3.63) is 21.7 Å². The molecule has 1 aromatic carbocycles. The van der Waals surface area contributed by atoms with Crippen LogP contribution >= 0.6 is 15.9 Å². The lowest BCUT2D eigenvalue weighted by Gasteiger charge is -2.33. The summed E-state index contributed by atoms with van der Waals surface area (Å²) < 4.78 is 12.2. The van der Waals surface area contributed by atoms with E-state index in [0.29, 0.717) is 12.0 Å². The van der Waals surface area contributed by atoms with E-state index in [9.17, 15) is 0 Å². The molecule has 0 spiro atoms. The van der Waals surface area contributed by atoms with Crippen LogP contribution < -0.4 is 14.8 Å². The zero-order valence-electron chi connectivity index (χ0n) is 12.0. The van der Waals surface area contributed by atoms with Crippen molar-refractivity contribution in [2.75, 3.05) is 20.8 Å². The van der Waals surface area contributed by atoms with Crippen molar-refractivity contribution >= 4 is 15.9 Å². The fourth-order valence-corrected chi connectivity index (χ4v) is 3.82. The minimum Gasteiger partial charge on any atom is -0.493 e. The molecule has 2 atom stereocenters. The van der Waals surface area contributed by atoms with Gasteiger partial charge in [0.2, 0.25) is 0 Å². The number of nitrogens with one attached hydrogen (secondary N) is 1. The fourth-order valence-electron chi connectivity index (χ4n) is 3.01. The van der Waals surface area contributed by atoms with Crippen LogP contribution in [-0.2, 0) is 0 Å². The van der Waals surface area contributed by atoms with Gasteiger partial charge in [-0.05, 0) is 36.9 Å². The fraction of sp³-hybridized carbons (Fsp3) is 0.600.